The number of halogens is 2. The molecule has 1 aliphatic heterocycles. The van der Waals surface area contributed by atoms with Crippen molar-refractivity contribution in [1.82, 2.24) is 9.88 Å². The molecule has 2 atom stereocenters. The molecule has 1 amide bonds. The van der Waals surface area contributed by atoms with Gasteiger partial charge in [-0.3, -0.25) is 4.79 Å². The molecule has 2 heterocycles. The largest absolute Gasteiger partial charge is 0.365 e. The highest BCUT2D eigenvalue weighted by Gasteiger charge is 2.32. The lowest BCUT2D eigenvalue weighted by atomic mass is 10.0. The maximum atomic E-state index is 12.8. The van der Waals surface area contributed by atoms with E-state index < -0.39 is 0 Å². The number of nitrogens with zero attached hydrogens (tertiary/aromatic N) is 4. The summed E-state index contributed by atoms with van der Waals surface area (Å²) in [6, 6.07) is 11.0. The highest BCUT2D eigenvalue weighted by atomic mass is 35.5. The van der Waals surface area contributed by atoms with E-state index in [2.05, 4.69) is 22.9 Å². The van der Waals surface area contributed by atoms with Gasteiger partial charge in [0.2, 0.25) is 0 Å². The van der Waals surface area contributed by atoms with Crippen LogP contribution >= 0.6 is 23.2 Å². The van der Waals surface area contributed by atoms with E-state index in [-0.39, 0.29) is 18.0 Å². The Morgan fingerprint density at radius 2 is 1.96 bits per heavy atom. The van der Waals surface area contributed by atoms with Gasteiger partial charge in [0.1, 0.15) is 11.2 Å². The van der Waals surface area contributed by atoms with Crippen LogP contribution in [0.3, 0.4) is 0 Å². The molecule has 0 aliphatic carbocycles. The number of amides is 1. The Morgan fingerprint density at radius 1 is 1.19 bits per heavy atom. The van der Waals surface area contributed by atoms with Crippen molar-refractivity contribution in [2.24, 2.45) is 0 Å². The molecule has 1 saturated heterocycles. The number of hydrogen-bond acceptors (Lipinski definition) is 4. The average molecular weight is 389 g/mol. The van der Waals surface area contributed by atoms with Crippen LogP contribution in [0.4, 0.5) is 5.69 Å². The molecule has 0 radical (unpaired) electrons. The Morgan fingerprint density at radius 3 is 2.58 bits per heavy atom. The molecule has 7 heteroatoms. The minimum atomic E-state index is -0.0500. The van der Waals surface area contributed by atoms with Crippen molar-refractivity contribution in [3.05, 3.63) is 57.8 Å². The van der Waals surface area contributed by atoms with Crippen LogP contribution in [0, 0.1) is 11.3 Å². The summed E-state index contributed by atoms with van der Waals surface area (Å²) in [4.78, 5) is 20.9. The second-order valence-electron chi connectivity index (χ2n) is 6.45. The molecule has 0 spiro atoms. The second-order valence-corrected chi connectivity index (χ2v) is 7.25. The Hall–Kier alpha value is -2.29. The minimum Gasteiger partial charge on any atom is -0.365 e. The summed E-state index contributed by atoms with van der Waals surface area (Å²) in [5.41, 5.74) is 1.94. The molecule has 134 valence electrons. The molecule has 1 aromatic carbocycles. The lowest BCUT2D eigenvalue weighted by Crippen LogP contribution is -2.58. The van der Waals surface area contributed by atoms with Gasteiger partial charge in [-0.2, -0.15) is 5.26 Å². The van der Waals surface area contributed by atoms with Crippen LogP contribution in [0.5, 0.6) is 0 Å². The molecule has 1 aliphatic rings. The van der Waals surface area contributed by atoms with Crippen molar-refractivity contribution in [3.63, 3.8) is 0 Å². The zero-order valence-electron chi connectivity index (χ0n) is 14.5. The number of pyridine rings is 1. The molecule has 1 aromatic heterocycles. The highest BCUT2D eigenvalue weighted by Crippen LogP contribution is 2.28. The van der Waals surface area contributed by atoms with Gasteiger partial charge in [0.15, 0.2) is 0 Å². The number of benzene rings is 1. The topological polar surface area (TPSA) is 60.2 Å². The molecule has 2 aromatic rings. The second kappa shape index (κ2) is 7.53. The SMILES string of the molecule is C[C@@H]1CN(c2ccc(C#N)c(Cl)c2)[C@@H](C)CN1C(=O)c1ccc(Cl)nc1. The van der Waals surface area contributed by atoms with Crippen molar-refractivity contribution < 1.29 is 4.79 Å². The number of piperazine rings is 1. The van der Waals surface area contributed by atoms with E-state index >= 15 is 0 Å². The summed E-state index contributed by atoms with van der Waals surface area (Å²) in [6.07, 6.45) is 1.51. The number of rotatable bonds is 2. The maximum Gasteiger partial charge on any atom is 0.255 e. The van der Waals surface area contributed by atoms with Crippen molar-refractivity contribution in [2.75, 3.05) is 18.0 Å². The molecule has 0 unspecified atom stereocenters. The van der Waals surface area contributed by atoms with Gasteiger partial charge in [-0.05, 0) is 44.2 Å². The summed E-state index contributed by atoms with van der Waals surface area (Å²) >= 11 is 12.0. The van der Waals surface area contributed by atoms with E-state index in [1.165, 1.54) is 6.20 Å². The van der Waals surface area contributed by atoms with E-state index in [4.69, 9.17) is 28.5 Å². The quantitative estimate of drug-likeness (QED) is 0.729. The molecular formula is C19H18Cl2N4O. The first-order valence-corrected chi connectivity index (χ1v) is 9.05. The third-order valence-corrected chi connectivity index (χ3v) is 5.16. The van der Waals surface area contributed by atoms with E-state index in [0.29, 0.717) is 34.4 Å². The Labute approximate surface area is 162 Å². The first-order chi connectivity index (χ1) is 12.4. The average Bonchev–Trinajstić information content (AvgIpc) is 2.63. The molecular weight excluding hydrogens is 371 g/mol. The van der Waals surface area contributed by atoms with Gasteiger partial charge in [0.25, 0.3) is 5.91 Å². The summed E-state index contributed by atoms with van der Waals surface area (Å²) in [7, 11) is 0. The Kier molecular flexibility index (Phi) is 5.36. The first kappa shape index (κ1) is 18.5. The molecule has 1 fully saturated rings. The predicted octanol–water partition coefficient (Wildman–Crippen LogP) is 4.00. The van der Waals surface area contributed by atoms with Gasteiger partial charge >= 0.3 is 0 Å². The monoisotopic (exact) mass is 388 g/mol. The van der Waals surface area contributed by atoms with Gasteiger partial charge in [0.05, 0.1) is 16.1 Å². The maximum absolute atomic E-state index is 12.8. The smallest absolute Gasteiger partial charge is 0.255 e. The fraction of sp³-hybridized carbons (Fsp3) is 0.316. The fourth-order valence-electron chi connectivity index (χ4n) is 3.21. The van der Waals surface area contributed by atoms with Crippen molar-refractivity contribution >= 4 is 34.8 Å². The lowest BCUT2D eigenvalue weighted by Gasteiger charge is -2.45. The number of carbonyl (C=O) groups is 1. The van der Waals surface area contributed by atoms with Gasteiger partial charge < -0.3 is 9.80 Å². The zero-order valence-corrected chi connectivity index (χ0v) is 16.0. The first-order valence-electron chi connectivity index (χ1n) is 8.29. The van der Waals surface area contributed by atoms with Crippen LogP contribution in [0.25, 0.3) is 0 Å². The summed E-state index contributed by atoms with van der Waals surface area (Å²) < 4.78 is 0. The van der Waals surface area contributed by atoms with E-state index in [9.17, 15) is 4.79 Å². The molecule has 0 bridgehead atoms. The van der Waals surface area contributed by atoms with Crippen LogP contribution in [-0.4, -0.2) is 41.0 Å². The molecule has 5 nitrogen and oxygen atoms in total. The minimum absolute atomic E-state index is 0.0174. The van der Waals surface area contributed by atoms with Crippen LogP contribution in [0.1, 0.15) is 29.8 Å². The zero-order chi connectivity index (χ0) is 18.8. The van der Waals surface area contributed by atoms with E-state index in [1.807, 2.05) is 24.0 Å². The molecule has 0 N–H and O–H groups in total. The molecule has 0 saturated carbocycles. The molecule has 26 heavy (non-hydrogen) atoms. The number of nitriles is 1. The summed E-state index contributed by atoms with van der Waals surface area (Å²) in [5.74, 6) is -0.0500. The Balaban J connectivity index is 1.79. The van der Waals surface area contributed by atoms with E-state index in [0.717, 1.165) is 5.69 Å². The van der Waals surface area contributed by atoms with Gasteiger partial charge in [0, 0.05) is 37.1 Å². The van der Waals surface area contributed by atoms with Crippen molar-refractivity contribution in [1.29, 1.82) is 5.26 Å². The van der Waals surface area contributed by atoms with Gasteiger partial charge in [-0.15, -0.1) is 0 Å². The van der Waals surface area contributed by atoms with Crippen LogP contribution in [0.2, 0.25) is 10.2 Å². The standard InChI is InChI=1S/C19H18Cl2N4O/c1-12-11-25(19(26)15-4-6-18(21)23-9-15)13(2)10-24(12)16-5-3-14(8-22)17(20)7-16/h3-7,9,12-13H,10-11H2,1-2H3/t12-,13+/m0/s1. The highest BCUT2D eigenvalue weighted by molar-refractivity contribution is 6.32. The molecule has 3 rings (SSSR count). The van der Waals surface area contributed by atoms with Crippen LogP contribution in [-0.2, 0) is 0 Å². The summed E-state index contributed by atoms with van der Waals surface area (Å²) in [5, 5.41) is 9.84. The Bertz CT molecular complexity index is 863. The lowest BCUT2D eigenvalue weighted by molar-refractivity contribution is 0.0644. The normalized spacial score (nSPS) is 20.0. The number of hydrogen-bond donors (Lipinski definition) is 0. The van der Waals surface area contributed by atoms with Crippen molar-refractivity contribution in [2.45, 2.75) is 25.9 Å². The van der Waals surface area contributed by atoms with Crippen LogP contribution in [0.15, 0.2) is 36.5 Å². The van der Waals surface area contributed by atoms with Gasteiger partial charge in [-0.25, -0.2) is 4.98 Å². The van der Waals surface area contributed by atoms with E-state index in [1.54, 1.807) is 18.2 Å². The third kappa shape index (κ3) is 3.62. The number of anilines is 1. The predicted molar refractivity (Wildman–Crippen MR) is 103 cm³/mol. The fourth-order valence-corrected chi connectivity index (χ4v) is 3.54. The summed E-state index contributed by atoms with van der Waals surface area (Å²) in [6.45, 7) is 5.35. The number of aromatic nitrogens is 1. The third-order valence-electron chi connectivity index (χ3n) is 4.63. The number of carbonyl (C=O) groups excluding carboxylic acids is 1. The van der Waals surface area contributed by atoms with Gasteiger partial charge in [-0.1, -0.05) is 23.2 Å². The van der Waals surface area contributed by atoms with Crippen molar-refractivity contribution in [3.8, 4) is 6.07 Å². The van der Waals surface area contributed by atoms with Crippen LogP contribution < -0.4 is 4.90 Å².